The quantitative estimate of drug-likeness (QED) is 0.843. The summed E-state index contributed by atoms with van der Waals surface area (Å²) in [6, 6.07) is 5.67. The average Bonchev–Trinajstić information content (AvgIpc) is 2.99. The molecule has 0 aliphatic carbocycles. The van der Waals surface area contributed by atoms with Gasteiger partial charge in [0, 0.05) is 18.9 Å². The highest BCUT2D eigenvalue weighted by atomic mass is 16.2. The molecule has 0 aromatic carbocycles. The maximum Gasteiger partial charge on any atom is 0.236 e. The van der Waals surface area contributed by atoms with Crippen LogP contribution in [0, 0.1) is 0 Å². The highest BCUT2D eigenvalue weighted by Crippen LogP contribution is 2.30. The molecule has 0 radical (unpaired) electrons. The van der Waals surface area contributed by atoms with Crippen LogP contribution in [0.2, 0.25) is 0 Å². The number of H-pyrrole nitrogens is 1. The third-order valence-corrected chi connectivity index (χ3v) is 3.05. The van der Waals surface area contributed by atoms with Gasteiger partial charge >= 0.3 is 0 Å². The number of nitrogens with one attached hydrogen (secondary N) is 1. The predicted molar refractivity (Wildman–Crippen MR) is 62.5 cm³/mol. The first-order valence-electron chi connectivity index (χ1n) is 5.57. The molecule has 2 aromatic rings. The van der Waals surface area contributed by atoms with Gasteiger partial charge in [0.15, 0.2) is 0 Å². The maximum absolute atomic E-state index is 12.2. The van der Waals surface area contributed by atoms with Gasteiger partial charge in [-0.05, 0) is 18.6 Å². The number of hydrogen-bond donors (Lipinski definition) is 1. The molecule has 17 heavy (non-hydrogen) atoms. The first-order chi connectivity index (χ1) is 8.36. The third kappa shape index (κ3) is 1.69. The lowest BCUT2D eigenvalue weighted by Crippen LogP contribution is -2.26. The van der Waals surface area contributed by atoms with Gasteiger partial charge in [0.25, 0.3) is 0 Å². The lowest BCUT2D eigenvalue weighted by Gasteiger charge is -2.13. The summed E-state index contributed by atoms with van der Waals surface area (Å²) in [7, 11) is 0. The molecular formula is C12H12N4O. The molecule has 0 saturated carbocycles. The highest BCUT2D eigenvalue weighted by Gasteiger charge is 2.34. The topological polar surface area (TPSA) is 61.9 Å². The zero-order valence-corrected chi connectivity index (χ0v) is 9.21. The van der Waals surface area contributed by atoms with Gasteiger partial charge in [-0.1, -0.05) is 6.07 Å². The Labute approximate surface area is 98.5 Å². The van der Waals surface area contributed by atoms with E-state index in [2.05, 4.69) is 15.2 Å². The van der Waals surface area contributed by atoms with Crippen molar-refractivity contribution in [3.63, 3.8) is 0 Å². The van der Waals surface area contributed by atoms with Crippen molar-refractivity contribution in [1.29, 1.82) is 0 Å². The van der Waals surface area contributed by atoms with Gasteiger partial charge in [0.2, 0.25) is 5.91 Å². The van der Waals surface area contributed by atoms with Crippen LogP contribution in [0.1, 0.15) is 18.0 Å². The number of nitrogens with zero attached hydrogens (tertiary/aromatic N) is 3. The van der Waals surface area contributed by atoms with Gasteiger partial charge in [0.05, 0.1) is 23.5 Å². The molecule has 1 amide bonds. The Hall–Kier alpha value is -2.17. The van der Waals surface area contributed by atoms with E-state index in [0.29, 0.717) is 0 Å². The Balaban J connectivity index is 1.86. The van der Waals surface area contributed by atoms with E-state index in [1.54, 1.807) is 23.5 Å². The zero-order valence-electron chi connectivity index (χ0n) is 9.21. The Morgan fingerprint density at radius 3 is 3.06 bits per heavy atom. The predicted octanol–water partition coefficient (Wildman–Crippen LogP) is 1.33. The van der Waals surface area contributed by atoms with Crippen molar-refractivity contribution < 1.29 is 4.79 Å². The number of pyridine rings is 1. The van der Waals surface area contributed by atoms with Crippen molar-refractivity contribution in [3.8, 4) is 0 Å². The first kappa shape index (κ1) is 10.0. The normalized spacial score (nSPS) is 19.9. The lowest BCUT2D eigenvalue weighted by molar-refractivity contribution is -0.118. The van der Waals surface area contributed by atoms with E-state index < -0.39 is 0 Å². The number of aromatic nitrogens is 3. The van der Waals surface area contributed by atoms with Gasteiger partial charge in [-0.2, -0.15) is 5.10 Å². The Morgan fingerprint density at radius 1 is 1.41 bits per heavy atom. The van der Waals surface area contributed by atoms with Crippen LogP contribution in [0.25, 0.3) is 0 Å². The summed E-state index contributed by atoms with van der Waals surface area (Å²) in [4.78, 5) is 18.3. The molecular weight excluding hydrogens is 216 g/mol. The Morgan fingerprint density at radius 2 is 2.35 bits per heavy atom. The van der Waals surface area contributed by atoms with Crippen molar-refractivity contribution in [1.82, 2.24) is 15.2 Å². The van der Waals surface area contributed by atoms with E-state index in [1.807, 2.05) is 18.2 Å². The van der Waals surface area contributed by atoms with E-state index in [-0.39, 0.29) is 11.8 Å². The fourth-order valence-electron chi connectivity index (χ4n) is 2.18. The number of hydrogen-bond acceptors (Lipinski definition) is 3. The Kier molecular flexibility index (Phi) is 2.36. The van der Waals surface area contributed by atoms with Gasteiger partial charge in [-0.3, -0.25) is 14.9 Å². The minimum Gasteiger partial charge on any atom is -0.309 e. The molecule has 2 aromatic heterocycles. The SMILES string of the molecule is O=C1C(c2ccccn2)CCN1c1cn[nH]c1. The minimum atomic E-state index is -0.119. The van der Waals surface area contributed by atoms with Crippen LogP contribution in [0.15, 0.2) is 36.8 Å². The van der Waals surface area contributed by atoms with Crippen LogP contribution in [-0.2, 0) is 4.79 Å². The molecule has 1 unspecified atom stereocenters. The second kappa shape index (κ2) is 4.01. The van der Waals surface area contributed by atoms with Gasteiger partial charge in [-0.15, -0.1) is 0 Å². The number of rotatable bonds is 2. The molecule has 1 aliphatic rings. The molecule has 1 N–H and O–H groups in total. The fraction of sp³-hybridized carbons (Fsp3) is 0.250. The minimum absolute atomic E-state index is 0.102. The summed E-state index contributed by atoms with van der Waals surface area (Å²) in [5, 5.41) is 6.59. The van der Waals surface area contributed by atoms with Crippen molar-refractivity contribution >= 4 is 11.6 Å². The monoisotopic (exact) mass is 228 g/mol. The molecule has 1 fully saturated rings. The van der Waals surface area contributed by atoms with E-state index >= 15 is 0 Å². The molecule has 0 bridgehead atoms. The third-order valence-electron chi connectivity index (χ3n) is 3.05. The van der Waals surface area contributed by atoms with Crippen molar-refractivity contribution in [2.45, 2.75) is 12.3 Å². The molecule has 86 valence electrons. The van der Waals surface area contributed by atoms with Gasteiger partial charge in [-0.25, -0.2) is 0 Å². The van der Waals surface area contributed by atoms with Crippen molar-refractivity contribution in [2.24, 2.45) is 0 Å². The number of anilines is 1. The van der Waals surface area contributed by atoms with Crippen molar-refractivity contribution in [3.05, 3.63) is 42.5 Å². The van der Waals surface area contributed by atoms with E-state index in [4.69, 9.17) is 0 Å². The summed E-state index contributed by atoms with van der Waals surface area (Å²) >= 11 is 0. The fourth-order valence-corrected chi connectivity index (χ4v) is 2.18. The highest BCUT2D eigenvalue weighted by molar-refractivity contribution is 5.99. The average molecular weight is 228 g/mol. The van der Waals surface area contributed by atoms with E-state index in [9.17, 15) is 4.79 Å². The number of amides is 1. The second-order valence-corrected chi connectivity index (χ2v) is 4.04. The number of carbonyl (C=O) groups excluding carboxylic acids is 1. The van der Waals surface area contributed by atoms with Gasteiger partial charge < -0.3 is 4.90 Å². The van der Waals surface area contributed by atoms with E-state index in [1.165, 1.54) is 0 Å². The zero-order chi connectivity index (χ0) is 11.7. The maximum atomic E-state index is 12.2. The summed E-state index contributed by atoms with van der Waals surface area (Å²) < 4.78 is 0. The summed E-state index contributed by atoms with van der Waals surface area (Å²) in [5.74, 6) is -0.0174. The first-order valence-corrected chi connectivity index (χ1v) is 5.57. The summed E-state index contributed by atoms with van der Waals surface area (Å²) in [6.07, 6.45) is 5.93. The van der Waals surface area contributed by atoms with Crippen LogP contribution in [0.5, 0.6) is 0 Å². The summed E-state index contributed by atoms with van der Waals surface area (Å²) in [5.41, 5.74) is 1.68. The molecule has 5 nitrogen and oxygen atoms in total. The standard InChI is InChI=1S/C12H12N4O/c17-12-10(11-3-1-2-5-13-11)4-6-16(12)9-7-14-15-8-9/h1-3,5,7-8,10H,4,6H2,(H,14,15). The van der Waals surface area contributed by atoms with Gasteiger partial charge in [0.1, 0.15) is 0 Å². The van der Waals surface area contributed by atoms with Crippen molar-refractivity contribution in [2.75, 3.05) is 11.4 Å². The molecule has 3 heterocycles. The second-order valence-electron chi connectivity index (χ2n) is 4.04. The van der Waals surface area contributed by atoms with Crippen LogP contribution in [0.3, 0.4) is 0 Å². The molecule has 0 spiro atoms. The smallest absolute Gasteiger partial charge is 0.236 e. The largest absolute Gasteiger partial charge is 0.309 e. The lowest BCUT2D eigenvalue weighted by atomic mass is 10.0. The molecule has 1 atom stereocenters. The van der Waals surface area contributed by atoms with Crippen LogP contribution >= 0.6 is 0 Å². The molecule has 5 heteroatoms. The summed E-state index contributed by atoms with van der Waals surface area (Å²) in [6.45, 7) is 0.722. The molecule has 3 rings (SSSR count). The molecule has 1 saturated heterocycles. The number of aromatic amines is 1. The number of carbonyl (C=O) groups is 1. The molecule has 1 aliphatic heterocycles. The Bertz CT molecular complexity index is 509. The van der Waals surface area contributed by atoms with Crippen LogP contribution in [0.4, 0.5) is 5.69 Å². The van der Waals surface area contributed by atoms with Crippen LogP contribution < -0.4 is 4.90 Å². The van der Waals surface area contributed by atoms with Crippen LogP contribution in [-0.4, -0.2) is 27.6 Å². The van der Waals surface area contributed by atoms with E-state index in [0.717, 1.165) is 24.3 Å².